The molecular weight excluding hydrogens is 831 g/mol. The summed E-state index contributed by atoms with van der Waals surface area (Å²) in [6.07, 6.45) is 6.80. The van der Waals surface area contributed by atoms with Crippen molar-refractivity contribution in [3.05, 3.63) is 183 Å². The summed E-state index contributed by atoms with van der Waals surface area (Å²) in [6.45, 7) is 5.93. The Balaban J connectivity index is 0.000000169. The SMILES string of the molecule is O=C(Nc1cccc(Cl)c1)c1cccnc1Cl.O=C(Nc1cccc(Cl)c1)c1cccnc1OC1CCN(Cc2ccccc2)CC1.OC1CCN(Cc2ccccc2)CC1. The van der Waals surface area contributed by atoms with E-state index in [2.05, 4.69) is 78.9 Å². The Morgan fingerprint density at radius 3 is 1.57 bits per heavy atom. The molecule has 61 heavy (non-hydrogen) atoms. The molecule has 0 radical (unpaired) electrons. The van der Waals surface area contributed by atoms with Crippen LogP contribution < -0.4 is 15.4 Å². The quantitative estimate of drug-likeness (QED) is 0.116. The van der Waals surface area contributed by atoms with Crippen LogP contribution in [-0.2, 0) is 13.1 Å². The minimum atomic E-state index is -0.314. The summed E-state index contributed by atoms with van der Waals surface area (Å²) in [5.41, 5.74) is 4.68. The van der Waals surface area contributed by atoms with Crippen LogP contribution >= 0.6 is 34.8 Å². The number of ether oxygens (including phenoxy) is 1. The van der Waals surface area contributed by atoms with Crippen LogP contribution in [0.1, 0.15) is 57.5 Å². The number of nitrogens with zero attached hydrogens (tertiary/aromatic N) is 4. The van der Waals surface area contributed by atoms with Crippen LogP contribution in [0.25, 0.3) is 0 Å². The van der Waals surface area contributed by atoms with Crippen LogP contribution in [-0.4, -0.2) is 75.1 Å². The topological polar surface area (TPSA) is 120 Å². The fourth-order valence-corrected chi connectivity index (χ4v) is 7.43. The van der Waals surface area contributed by atoms with Crippen molar-refractivity contribution in [1.82, 2.24) is 19.8 Å². The van der Waals surface area contributed by atoms with E-state index in [1.54, 1.807) is 79.0 Å². The molecule has 8 rings (SSSR count). The maximum Gasteiger partial charge on any atom is 0.261 e. The summed E-state index contributed by atoms with van der Waals surface area (Å²) < 4.78 is 6.14. The van der Waals surface area contributed by atoms with Crippen molar-refractivity contribution < 1.29 is 19.4 Å². The summed E-state index contributed by atoms with van der Waals surface area (Å²) in [6, 6.07) is 41.7. The molecule has 10 nitrogen and oxygen atoms in total. The number of aliphatic hydroxyl groups is 1. The minimum Gasteiger partial charge on any atom is -0.474 e. The van der Waals surface area contributed by atoms with Gasteiger partial charge in [0, 0.05) is 73.1 Å². The number of hydrogen-bond acceptors (Lipinski definition) is 8. The highest BCUT2D eigenvalue weighted by Gasteiger charge is 2.24. The molecule has 0 saturated carbocycles. The minimum absolute atomic E-state index is 0.0460. The Hall–Kier alpha value is -5.33. The maximum absolute atomic E-state index is 12.8. The third-order valence-corrected chi connectivity index (χ3v) is 10.8. The first-order valence-electron chi connectivity index (χ1n) is 20.2. The molecule has 4 aromatic carbocycles. The molecule has 13 heteroatoms. The number of aromatic nitrogens is 2. The lowest BCUT2D eigenvalue weighted by Crippen LogP contribution is -2.38. The van der Waals surface area contributed by atoms with Crippen molar-refractivity contribution >= 4 is 58.0 Å². The average Bonchev–Trinajstić information content (AvgIpc) is 3.27. The number of anilines is 2. The van der Waals surface area contributed by atoms with Gasteiger partial charge in [-0.3, -0.25) is 19.4 Å². The molecule has 2 aliphatic rings. The third-order valence-electron chi connectivity index (χ3n) is 10.1. The monoisotopic (exact) mass is 878 g/mol. The van der Waals surface area contributed by atoms with Gasteiger partial charge >= 0.3 is 0 Å². The number of halogens is 3. The number of carbonyl (C=O) groups is 2. The van der Waals surface area contributed by atoms with Gasteiger partial charge < -0.3 is 20.5 Å². The maximum atomic E-state index is 12.8. The van der Waals surface area contributed by atoms with Gasteiger partial charge in [0.05, 0.1) is 11.7 Å². The largest absolute Gasteiger partial charge is 0.474 e. The second-order valence-corrected chi connectivity index (χ2v) is 15.9. The first-order valence-corrected chi connectivity index (χ1v) is 21.4. The van der Waals surface area contributed by atoms with Gasteiger partial charge in [-0.15, -0.1) is 0 Å². The van der Waals surface area contributed by atoms with E-state index in [0.717, 1.165) is 65.0 Å². The molecule has 0 aliphatic carbocycles. The number of rotatable bonds is 10. The first kappa shape index (κ1) is 45.2. The van der Waals surface area contributed by atoms with E-state index in [-0.39, 0.29) is 29.2 Å². The number of aliphatic hydroxyl groups excluding tert-OH is 1. The smallest absolute Gasteiger partial charge is 0.261 e. The fraction of sp³-hybridized carbons (Fsp3) is 0.250. The second kappa shape index (κ2) is 23.6. The van der Waals surface area contributed by atoms with Gasteiger partial charge in [0.2, 0.25) is 5.88 Å². The van der Waals surface area contributed by atoms with E-state index < -0.39 is 0 Å². The molecule has 2 aromatic heterocycles. The Morgan fingerprint density at radius 2 is 1.07 bits per heavy atom. The highest BCUT2D eigenvalue weighted by Crippen LogP contribution is 2.24. The molecule has 0 unspecified atom stereocenters. The van der Waals surface area contributed by atoms with Crippen LogP contribution in [0.5, 0.6) is 5.88 Å². The third kappa shape index (κ3) is 15.0. The van der Waals surface area contributed by atoms with Gasteiger partial charge in [0.1, 0.15) is 16.8 Å². The molecule has 6 aromatic rings. The van der Waals surface area contributed by atoms with Crippen LogP contribution in [0.2, 0.25) is 15.2 Å². The predicted molar refractivity (Wildman–Crippen MR) is 245 cm³/mol. The second-order valence-electron chi connectivity index (χ2n) is 14.7. The van der Waals surface area contributed by atoms with Crippen LogP contribution in [0, 0.1) is 0 Å². The molecular formula is C48H49Cl3N6O4. The predicted octanol–water partition coefficient (Wildman–Crippen LogP) is 10.3. The van der Waals surface area contributed by atoms with Gasteiger partial charge in [-0.1, -0.05) is 108 Å². The van der Waals surface area contributed by atoms with Crippen molar-refractivity contribution in [2.75, 3.05) is 36.8 Å². The number of likely N-dealkylation sites (tertiary alicyclic amines) is 2. The molecule has 3 N–H and O–H groups in total. The van der Waals surface area contributed by atoms with Crippen molar-refractivity contribution in [2.45, 2.75) is 51.0 Å². The lowest BCUT2D eigenvalue weighted by Gasteiger charge is -2.32. The zero-order valence-electron chi connectivity index (χ0n) is 33.7. The average molecular weight is 880 g/mol. The summed E-state index contributed by atoms with van der Waals surface area (Å²) in [5, 5.41) is 16.2. The van der Waals surface area contributed by atoms with Gasteiger partial charge in [-0.25, -0.2) is 9.97 Å². The fourth-order valence-electron chi connectivity index (χ4n) is 6.85. The Kier molecular flexibility index (Phi) is 17.5. The molecule has 0 spiro atoms. The van der Waals surface area contributed by atoms with Crippen LogP contribution in [0.4, 0.5) is 11.4 Å². The van der Waals surface area contributed by atoms with E-state index in [1.165, 1.54) is 17.3 Å². The summed E-state index contributed by atoms with van der Waals surface area (Å²) in [5.74, 6) is -0.203. The van der Waals surface area contributed by atoms with E-state index >= 15 is 0 Å². The number of carbonyl (C=O) groups excluding carboxylic acids is 2. The lowest BCUT2D eigenvalue weighted by molar-refractivity contribution is 0.0792. The zero-order valence-corrected chi connectivity index (χ0v) is 35.9. The van der Waals surface area contributed by atoms with E-state index in [1.807, 2.05) is 12.1 Å². The molecule has 2 fully saturated rings. The highest BCUT2D eigenvalue weighted by molar-refractivity contribution is 6.33. The van der Waals surface area contributed by atoms with Gasteiger partial charge in [0.15, 0.2) is 0 Å². The molecule has 4 heterocycles. The molecule has 2 saturated heterocycles. The molecule has 2 amide bonds. The molecule has 0 bridgehead atoms. The Morgan fingerprint density at radius 1 is 0.590 bits per heavy atom. The number of piperidine rings is 2. The number of amides is 2. The number of nitrogens with one attached hydrogen (secondary N) is 2. The van der Waals surface area contributed by atoms with Crippen LogP contribution in [0.15, 0.2) is 146 Å². The van der Waals surface area contributed by atoms with Gasteiger partial charge in [0.25, 0.3) is 11.8 Å². The highest BCUT2D eigenvalue weighted by atomic mass is 35.5. The zero-order chi connectivity index (χ0) is 42.8. The van der Waals surface area contributed by atoms with Crippen molar-refractivity contribution in [2.24, 2.45) is 0 Å². The van der Waals surface area contributed by atoms with Crippen molar-refractivity contribution in [3.8, 4) is 5.88 Å². The van der Waals surface area contributed by atoms with Crippen molar-refractivity contribution in [1.29, 1.82) is 0 Å². The van der Waals surface area contributed by atoms with Gasteiger partial charge in [-0.05, 0) is 97.5 Å². The number of pyridine rings is 2. The summed E-state index contributed by atoms with van der Waals surface area (Å²) >= 11 is 17.6. The summed E-state index contributed by atoms with van der Waals surface area (Å²) in [4.78, 5) is 37.6. The molecule has 0 atom stereocenters. The standard InChI is InChI=1S/C24H24ClN3O2.C12H8Cl2N2O.C12H17NO/c25-19-8-4-9-20(16-19)27-23(29)22-10-5-13-26-24(22)30-21-11-14-28(15-12-21)17-18-6-2-1-3-7-18;13-8-3-1-4-9(7-8)16-12(17)10-5-2-6-15-11(10)14;14-12-6-8-13(9-7-12)10-11-4-2-1-3-5-11/h1-10,13,16,21H,11-12,14-15,17H2,(H,27,29);1-7H,(H,16,17);1-5,12,14H,6-10H2. The van der Waals surface area contributed by atoms with Gasteiger partial charge in [-0.2, -0.15) is 0 Å². The van der Waals surface area contributed by atoms with Crippen LogP contribution in [0.3, 0.4) is 0 Å². The Labute approximate surface area is 372 Å². The van der Waals surface area contributed by atoms with E-state index in [9.17, 15) is 14.7 Å². The normalized spacial score (nSPS) is 14.7. The molecule has 2 aliphatic heterocycles. The van der Waals surface area contributed by atoms with Crippen molar-refractivity contribution in [3.63, 3.8) is 0 Å². The molecule has 316 valence electrons. The van der Waals surface area contributed by atoms with E-state index in [0.29, 0.717) is 38.4 Å². The Bertz CT molecular complexity index is 2290. The lowest BCUT2D eigenvalue weighted by atomic mass is 10.1. The summed E-state index contributed by atoms with van der Waals surface area (Å²) in [7, 11) is 0. The number of hydrogen-bond donors (Lipinski definition) is 3. The van der Waals surface area contributed by atoms with E-state index in [4.69, 9.17) is 39.5 Å². The first-order chi connectivity index (χ1) is 29.7. The number of benzene rings is 4.